The van der Waals surface area contributed by atoms with Gasteiger partial charge in [0.25, 0.3) is 0 Å². The monoisotopic (exact) mass is 906 g/mol. The number of benzene rings is 2. The van der Waals surface area contributed by atoms with Gasteiger partial charge in [0.15, 0.2) is 0 Å². The molecule has 0 spiro atoms. The molecule has 20 heteroatoms. The first kappa shape index (κ1) is 52.2. The molecule has 0 saturated heterocycles. The van der Waals surface area contributed by atoms with Crippen molar-refractivity contribution < 1.29 is 68.4 Å². The van der Waals surface area contributed by atoms with Crippen molar-refractivity contribution in [3.05, 3.63) is 84.4 Å². The average molecular weight is 907 g/mol. The molecule has 2 aromatic carbocycles. The second kappa shape index (κ2) is 26.5. The predicted molar refractivity (Wildman–Crippen MR) is 232 cm³/mol. The molecular formula is C45H58N6O14. The van der Waals surface area contributed by atoms with Gasteiger partial charge in [0.05, 0.1) is 6.42 Å². The number of carboxylic acids is 4. The fourth-order valence-corrected chi connectivity index (χ4v) is 7.61. The van der Waals surface area contributed by atoms with Crippen LogP contribution in [0.15, 0.2) is 73.3 Å². The van der Waals surface area contributed by atoms with E-state index in [4.69, 9.17) is 0 Å². The van der Waals surface area contributed by atoms with Crippen LogP contribution in [0.3, 0.4) is 0 Å². The lowest BCUT2D eigenvalue weighted by Crippen LogP contribution is -2.60. The van der Waals surface area contributed by atoms with E-state index in [-0.39, 0.29) is 18.8 Å². The van der Waals surface area contributed by atoms with Gasteiger partial charge in [-0.05, 0) is 42.7 Å². The Kier molecular flexibility index (Phi) is 21.3. The van der Waals surface area contributed by atoms with Crippen LogP contribution in [0.25, 0.3) is 0 Å². The lowest BCUT2D eigenvalue weighted by Gasteiger charge is -2.32. The average Bonchev–Trinajstić information content (AvgIpc) is 3.25. The van der Waals surface area contributed by atoms with Gasteiger partial charge in [-0.2, -0.15) is 0 Å². The van der Waals surface area contributed by atoms with Crippen LogP contribution < -0.4 is 31.9 Å². The molecule has 1 fully saturated rings. The summed E-state index contributed by atoms with van der Waals surface area (Å²) < 4.78 is 0. The van der Waals surface area contributed by atoms with Crippen molar-refractivity contribution in [3.8, 4) is 0 Å². The third-order valence-corrected chi connectivity index (χ3v) is 10.8. The topological polar surface area (TPSA) is 324 Å². The van der Waals surface area contributed by atoms with Crippen LogP contribution in [0.2, 0.25) is 0 Å². The lowest BCUT2D eigenvalue weighted by molar-refractivity contribution is -0.142. The zero-order valence-electron chi connectivity index (χ0n) is 36.0. The van der Waals surface area contributed by atoms with E-state index in [1.807, 2.05) is 0 Å². The number of nitrogens with one attached hydrogen (secondary N) is 6. The summed E-state index contributed by atoms with van der Waals surface area (Å²) >= 11 is 0. The number of carbonyl (C=O) groups is 10. The highest BCUT2D eigenvalue weighted by atomic mass is 16.4. The number of carbonyl (C=O) groups excluding carboxylic acids is 6. The SMILES string of the molecule is C=CC[C@H](NC(=O)C(CC1CCCCC1)NC(=O)[C@H](CCC(=O)O)NC(=O)C(NC(=O)[C@H](CCC(=O)O)NC(=O)[C@H](CC(=O)O)NC(C)=O)C(c1ccccc1)c1ccccc1)C(=O)O. The number of aliphatic carboxylic acids is 4. The van der Waals surface area contributed by atoms with E-state index in [0.717, 1.165) is 39.0 Å². The van der Waals surface area contributed by atoms with Crippen molar-refractivity contribution in [3.63, 3.8) is 0 Å². The molecule has 65 heavy (non-hydrogen) atoms. The highest BCUT2D eigenvalue weighted by Gasteiger charge is 2.38. The molecule has 1 aliphatic carbocycles. The minimum absolute atomic E-state index is 0.0288. The molecule has 20 nitrogen and oxygen atoms in total. The Balaban J connectivity index is 2.11. The Hall–Kier alpha value is -7.12. The van der Waals surface area contributed by atoms with Crippen molar-refractivity contribution in [2.75, 3.05) is 0 Å². The van der Waals surface area contributed by atoms with E-state index in [1.54, 1.807) is 60.7 Å². The number of rotatable bonds is 27. The normalized spacial score (nSPS) is 15.3. The molecule has 6 amide bonds. The van der Waals surface area contributed by atoms with Gasteiger partial charge < -0.3 is 52.3 Å². The minimum atomic E-state index is -1.73. The van der Waals surface area contributed by atoms with Crippen LogP contribution in [0, 0.1) is 5.92 Å². The van der Waals surface area contributed by atoms with Crippen molar-refractivity contribution >= 4 is 59.3 Å². The van der Waals surface area contributed by atoms with E-state index in [1.165, 1.54) is 6.08 Å². The highest BCUT2D eigenvalue weighted by Crippen LogP contribution is 2.30. The van der Waals surface area contributed by atoms with Crippen LogP contribution in [-0.2, 0) is 47.9 Å². The van der Waals surface area contributed by atoms with Gasteiger partial charge in [-0.3, -0.25) is 43.2 Å². The van der Waals surface area contributed by atoms with Crippen LogP contribution >= 0.6 is 0 Å². The molecule has 0 bridgehead atoms. The summed E-state index contributed by atoms with van der Waals surface area (Å²) in [6, 6.07) is 7.19. The van der Waals surface area contributed by atoms with Crippen LogP contribution in [0.5, 0.6) is 0 Å². The summed E-state index contributed by atoms with van der Waals surface area (Å²) in [6.07, 6.45) is 2.17. The van der Waals surface area contributed by atoms with E-state index >= 15 is 0 Å². The number of hydrogen-bond donors (Lipinski definition) is 10. The zero-order chi connectivity index (χ0) is 48.1. The standard InChI is InChI=1S/C45H58N6O14/c1-3-13-32(45(64)65)49-42(61)33(24-27-14-7-4-8-15-27)50-40(59)30(20-22-35(53)54)48-44(63)39(38(28-16-9-5-10-17-28)29-18-11-6-12-19-29)51-41(60)31(21-23-36(55)56)47-43(62)34(25-37(57)58)46-26(2)52/h3,5-6,9-12,16-19,27,30-34,38-39H,1,4,7-8,13-15,20-25H2,2H3,(H,46,52)(H,47,62)(H,48,63)(H,49,61)(H,50,59)(H,51,60)(H,53,54)(H,55,56)(H,57,58)(H,64,65)/t30-,31-,32-,33?,34-,39?/m0/s1. The molecule has 2 aromatic rings. The largest absolute Gasteiger partial charge is 0.481 e. The van der Waals surface area contributed by atoms with Gasteiger partial charge >= 0.3 is 23.9 Å². The fourth-order valence-electron chi connectivity index (χ4n) is 7.61. The summed E-state index contributed by atoms with van der Waals surface area (Å²) in [4.78, 5) is 129. The Bertz CT molecular complexity index is 1950. The summed E-state index contributed by atoms with van der Waals surface area (Å²) in [6.45, 7) is 4.56. The molecule has 0 aromatic heterocycles. The van der Waals surface area contributed by atoms with Gasteiger partial charge in [-0.1, -0.05) is 98.8 Å². The number of hydrogen-bond acceptors (Lipinski definition) is 10. The summed E-state index contributed by atoms with van der Waals surface area (Å²) in [7, 11) is 0. The summed E-state index contributed by atoms with van der Waals surface area (Å²) in [5, 5.41) is 53.0. The molecule has 0 radical (unpaired) electrons. The number of amides is 6. The molecule has 3 rings (SSSR count). The Labute approximate surface area is 375 Å². The second-order valence-corrected chi connectivity index (χ2v) is 15.8. The van der Waals surface area contributed by atoms with Crippen molar-refractivity contribution in [1.29, 1.82) is 0 Å². The van der Waals surface area contributed by atoms with Gasteiger partial charge in [0.2, 0.25) is 35.4 Å². The van der Waals surface area contributed by atoms with Crippen molar-refractivity contribution in [1.82, 2.24) is 31.9 Å². The third-order valence-electron chi connectivity index (χ3n) is 10.8. The van der Waals surface area contributed by atoms with Gasteiger partial charge in [-0.25, -0.2) is 4.79 Å². The summed E-state index contributed by atoms with van der Waals surface area (Å²) in [5.74, 6) is -12.5. The molecule has 352 valence electrons. The van der Waals surface area contributed by atoms with E-state index < -0.39 is 134 Å². The van der Waals surface area contributed by atoms with E-state index in [9.17, 15) is 68.4 Å². The highest BCUT2D eigenvalue weighted by molar-refractivity contribution is 5.98. The molecule has 0 aliphatic heterocycles. The lowest BCUT2D eigenvalue weighted by atomic mass is 9.84. The Morgan fingerprint density at radius 2 is 1.02 bits per heavy atom. The molecule has 10 N–H and O–H groups in total. The van der Waals surface area contributed by atoms with Crippen LogP contribution in [0.1, 0.15) is 101 Å². The molecular weight excluding hydrogens is 849 g/mol. The first-order chi connectivity index (χ1) is 30.9. The third kappa shape index (κ3) is 17.9. The van der Waals surface area contributed by atoms with Gasteiger partial charge in [-0.15, -0.1) is 6.58 Å². The van der Waals surface area contributed by atoms with Crippen molar-refractivity contribution in [2.24, 2.45) is 5.92 Å². The maximum absolute atomic E-state index is 14.8. The quantitative estimate of drug-likeness (QED) is 0.0570. The Morgan fingerprint density at radius 3 is 1.48 bits per heavy atom. The number of carboxylic acid groups (broad SMARTS) is 4. The first-order valence-electron chi connectivity index (χ1n) is 21.3. The van der Waals surface area contributed by atoms with Crippen LogP contribution in [0.4, 0.5) is 0 Å². The summed E-state index contributed by atoms with van der Waals surface area (Å²) in [5.41, 5.74) is 0.918. The second-order valence-electron chi connectivity index (χ2n) is 15.8. The molecule has 0 heterocycles. The maximum Gasteiger partial charge on any atom is 0.326 e. The van der Waals surface area contributed by atoms with Gasteiger partial charge in [0, 0.05) is 25.7 Å². The zero-order valence-corrected chi connectivity index (χ0v) is 36.0. The van der Waals surface area contributed by atoms with E-state index in [2.05, 4.69) is 38.5 Å². The molecule has 1 aliphatic rings. The molecule has 1 saturated carbocycles. The molecule has 6 atom stereocenters. The Morgan fingerprint density at radius 1 is 0.569 bits per heavy atom. The smallest absolute Gasteiger partial charge is 0.326 e. The van der Waals surface area contributed by atoms with Crippen molar-refractivity contribution in [2.45, 2.75) is 126 Å². The maximum atomic E-state index is 14.8. The fraction of sp³-hybridized carbons (Fsp3) is 0.467. The van der Waals surface area contributed by atoms with E-state index in [0.29, 0.717) is 11.1 Å². The van der Waals surface area contributed by atoms with Gasteiger partial charge in [0.1, 0.15) is 36.3 Å². The molecule has 2 unspecified atom stereocenters. The first-order valence-corrected chi connectivity index (χ1v) is 21.3. The van der Waals surface area contributed by atoms with Crippen LogP contribution in [-0.4, -0.2) is 116 Å². The minimum Gasteiger partial charge on any atom is -0.481 e. The predicted octanol–water partition coefficient (Wildman–Crippen LogP) is 1.58.